The zero-order valence-corrected chi connectivity index (χ0v) is 16.1. The van der Waals surface area contributed by atoms with Gasteiger partial charge in [0, 0.05) is 35.4 Å². The third kappa shape index (κ3) is 4.38. The fraction of sp³-hybridized carbons (Fsp3) is 0.130. The predicted octanol–water partition coefficient (Wildman–Crippen LogP) is 4.48. The molecular weight excluding hydrogens is 364 g/mol. The molecule has 0 aliphatic heterocycles. The van der Waals surface area contributed by atoms with Crippen molar-refractivity contribution in [3.63, 3.8) is 0 Å². The number of methoxy groups -OCH3 is 1. The molecule has 0 aliphatic rings. The standard InChI is InChI=1S/C23H22N4O2/c1-29-19-6-4-5-17(13-19)27-23(28)22-10-9-18(15-26-22)24-12-11-16-14-25-21-8-3-2-7-20(16)21/h2-10,13-15,24-25H,11-12H2,1H3,(H,27,28). The van der Waals surface area contributed by atoms with Gasteiger partial charge in [-0.25, -0.2) is 4.98 Å². The first-order valence-corrected chi connectivity index (χ1v) is 9.43. The number of aromatic amines is 1. The second-order valence-electron chi connectivity index (χ2n) is 6.65. The second kappa shape index (κ2) is 8.48. The summed E-state index contributed by atoms with van der Waals surface area (Å²) >= 11 is 0. The third-order valence-electron chi connectivity index (χ3n) is 4.72. The molecule has 0 atom stereocenters. The zero-order valence-electron chi connectivity index (χ0n) is 16.1. The number of para-hydroxylation sites is 1. The molecule has 0 saturated carbocycles. The normalized spacial score (nSPS) is 10.7. The molecule has 2 aromatic heterocycles. The number of nitrogens with one attached hydrogen (secondary N) is 3. The molecule has 2 aromatic carbocycles. The molecule has 0 bridgehead atoms. The fourth-order valence-electron chi connectivity index (χ4n) is 3.21. The van der Waals surface area contributed by atoms with Gasteiger partial charge in [-0.05, 0) is 42.3 Å². The molecule has 0 fully saturated rings. The summed E-state index contributed by atoms with van der Waals surface area (Å²) in [5, 5.41) is 7.43. The van der Waals surface area contributed by atoms with Gasteiger partial charge in [-0.2, -0.15) is 0 Å². The number of H-pyrrole nitrogens is 1. The summed E-state index contributed by atoms with van der Waals surface area (Å²) in [6, 6.07) is 19.1. The maximum Gasteiger partial charge on any atom is 0.274 e. The Hall–Kier alpha value is -3.80. The molecule has 146 valence electrons. The predicted molar refractivity (Wildman–Crippen MR) is 116 cm³/mol. The van der Waals surface area contributed by atoms with Crippen LogP contribution in [-0.4, -0.2) is 29.5 Å². The Bertz CT molecular complexity index is 1120. The van der Waals surface area contributed by atoms with E-state index in [1.165, 1.54) is 10.9 Å². The topological polar surface area (TPSA) is 79.0 Å². The van der Waals surface area contributed by atoms with Gasteiger partial charge in [0.25, 0.3) is 5.91 Å². The highest BCUT2D eigenvalue weighted by Gasteiger charge is 2.08. The third-order valence-corrected chi connectivity index (χ3v) is 4.72. The number of amides is 1. The van der Waals surface area contributed by atoms with Gasteiger partial charge >= 0.3 is 0 Å². The van der Waals surface area contributed by atoms with Crippen LogP contribution >= 0.6 is 0 Å². The number of aromatic nitrogens is 2. The zero-order chi connectivity index (χ0) is 20.1. The molecule has 0 aliphatic carbocycles. The lowest BCUT2D eigenvalue weighted by Gasteiger charge is -2.08. The van der Waals surface area contributed by atoms with E-state index in [0.717, 1.165) is 24.2 Å². The minimum atomic E-state index is -0.261. The minimum Gasteiger partial charge on any atom is -0.497 e. The maximum absolute atomic E-state index is 12.4. The van der Waals surface area contributed by atoms with Gasteiger partial charge in [0.05, 0.1) is 19.0 Å². The number of hydrogen-bond acceptors (Lipinski definition) is 4. The van der Waals surface area contributed by atoms with Crippen LogP contribution in [0.25, 0.3) is 10.9 Å². The maximum atomic E-state index is 12.4. The number of carbonyl (C=O) groups is 1. The summed E-state index contributed by atoms with van der Waals surface area (Å²) in [6.07, 6.45) is 4.62. The minimum absolute atomic E-state index is 0.261. The van der Waals surface area contributed by atoms with Crippen LogP contribution in [0.1, 0.15) is 16.1 Å². The van der Waals surface area contributed by atoms with E-state index in [0.29, 0.717) is 17.1 Å². The molecule has 4 rings (SSSR count). The van der Waals surface area contributed by atoms with Gasteiger partial charge in [-0.3, -0.25) is 4.79 Å². The van der Waals surface area contributed by atoms with E-state index in [1.54, 1.807) is 31.5 Å². The van der Waals surface area contributed by atoms with Crippen LogP contribution in [0.4, 0.5) is 11.4 Å². The Labute approximate surface area is 168 Å². The number of rotatable bonds is 7. The first kappa shape index (κ1) is 18.6. The average molecular weight is 386 g/mol. The highest BCUT2D eigenvalue weighted by atomic mass is 16.5. The van der Waals surface area contributed by atoms with E-state index in [4.69, 9.17) is 4.74 Å². The molecule has 29 heavy (non-hydrogen) atoms. The van der Waals surface area contributed by atoms with Crippen molar-refractivity contribution in [3.05, 3.63) is 84.3 Å². The van der Waals surface area contributed by atoms with Crippen molar-refractivity contribution in [3.8, 4) is 5.75 Å². The number of fused-ring (bicyclic) bond motifs is 1. The van der Waals surface area contributed by atoms with Gasteiger partial charge in [0.15, 0.2) is 0 Å². The summed E-state index contributed by atoms with van der Waals surface area (Å²) in [5.74, 6) is 0.425. The first-order chi connectivity index (χ1) is 14.2. The highest BCUT2D eigenvalue weighted by Crippen LogP contribution is 2.19. The van der Waals surface area contributed by atoms with Crippen LogP contribution < -0.4 is 15.4 Å². The fourth-order valence-corrected chi connectivity index (χ4v) is 3.21. The number of nitrogens with zero attached hydrogens (tertiary/aromatic N) is 1. The van der Waals surface area contributed by atoms with Gasteiger partial charge in [0.1, 0.15) is 11.4 Å². The number of hydrogen-bond donors (Lipinski definition) is 3. The first-order valence-electron chi connectivity index (χ1n) is 9.43. The summed E-state index contributed by atoms with van der Waals surface area (Å²) in [7, 11) is 1.59. The summed E-state index contributed by atoms with van der Waals surface area (Å²) in [5.41, 5.74) is 4.32. The summed E-state index contributed by atoms with van der Waals surface area (Å²) in [4.78, 5) is 19.9. The smallest absolute Gasteiger partial charge is 0.274 e. The molecule has 0 spiro atoms. The molecular formula is C23H22N4O2. The van der Waals surface area contributed by atoms with Crippen molar-refractivity contribution in [2.24, 2.45) is 0 Å². The Morgan fingerprint density at radius 2 is 1.97 bits per heavy atom. The number of carbonyl (C=O) groups excluding carboxylic acids is 1. The molecule has 0 saturated heterocycles. The van der Waals surface area contributed by atoms with Gasteiger partial charge < -0.3 is 20.4 Å². The average Bonchev–Trinajstić information content (AvgIpc) is 3.17. The van der Waals surface area contributed by atoms with Gasteiger partial charge in [0.2, 0.25) is 0 Å². The van der Waals surface area contributed by atoms with E-state index in [-0.39, 0.29) is 5.91 Å². The van der Waals surface area contributed by atoms with Crippen LogP contribution in [0.5, 0.6) is 5.75 Å². The van der Waals surface area contributed by atoms with Crippen LogP contribution in [0.2, 0.25) is 0 Å². The lowest BCUT2D eigenvalue weighted by Crippen LogP contribution is -2.14. The van der Waals surface area contributed by atoms with E-state index in [2.05, 4.69) is 38.9 Å². The van der Waals surface area contributed by atoms with E-state index < -0.39 is 0 Å². The van der Waals surface area contributed by atoms with E-state index >= 15 is 0 Å². The van der Waals surface area contributed by atoms with Crippen LogP contribution in [0, 0.1) is 0 Å². The van der Waals surface area contributed by atoms with Gasteiger partial charge in [-0.1, -0.05) is 24.3 Å². The van der Waals surface area contributed by atoms with Gasteiger partial charge in [-0.15, -0.1) is 0 Å². The van der Waals surface area contributed by atoms with Crippen LogP contribution in [0.3, 0.4) is 0 Å². The van der Waals surface area contributed by atoms with E-state index in [1.807, 2.05) is 30.3 Å². The summed E-state index contributed by atoms with van der Waals surface area (Å²) in [6.45, 7) is 0.777. The molecule has 0 unspecified atom stereocenters. The van der Waals surface area contributed by atoms with Crippen molar-refractivity contribution in [2.75, 3.05) is 24.3 Å². The summed E-state index contributed by atoms with van der Waals surface area (Å²) < 4.78 is 5.17. The molecule has 3 N–H and O–H groups in total. The molecule has 4 aromatic rings. The largest absolute Gasteiger partial charge is 0.497 e. The molecule has 0 radical (unpaired) electrons. The molecule has 6 nitrogen and oxygen atoms in total. The second-order valence-corrected chi connectivity index (χ2v) is 6.65. The van der Waals surface area contributed by atoms with Crippen molar-refractivity contribution in [1.29, 1.82) is 0 Å². The van der Waals surface area contributed by atoms with E-state index in [9.17, 15) is 4.79 Å². The Morgan fingerprint density at radius 1 is 1.07 bits per heavy atom. The lowest BCUT2D eigenvalue weighted by atomic mass is 10.1. The Balaban J connectivity index is 1.33. The SMILES string of the molecule is COc1cccc(NC(=O)c2ccc(NCCc3c[nH]c4ccccc34)cn2)c1. The number of anilines is 2. The van der Waals surface area contributed by atoms with Crippen molar-refractivity contribution >= 4 is 28.2 Å². The van der Waals surface area contributed by atoms with Crippen LogP contribution in [-0.2, 0) is 6.42 Å². The Morgan fingerprint density at radius 3 is 2.79 bits per heavy atom. The number of ether oxygens (including phenoxy) is 1. The lowest BCUT2D eigenvalue weighted by molar-refractivity contribution is 0.102. The molecule has 1 amide bonds. The molecule has 2 heterocycles. The van der Waals surface area contributed by atoms with Crippen LogP contribution in [0.15, 0.2) is 73.1 Å². The highest BCUT2D eigenvalue weighted by molar-refractivity contribution is 6.03. The van der Waals surface area contributed by atoms with Crippen molar-refractivity contribution < 1.29 is 9.53 Å². The Kier molecular flexibility index (Phi) is 5.42. The quantitative estimate of drug-likeness (QED) is 0.438. The monoisotopic (exact) mass is 386 g/mol. The van der Waals surface area contributed by atoms with Crippen molar-refractivity contribution in [2.45, 2.75) is 6.42 Å². The van der Waals surface area contributed by atoms with Crippen molar-refractivity contribution in [1.82, 2.24) is 9.97 Å². The number of pyridine rings is 1. The number of benzene rings is 2. The molecule has 6 heteroatoms.